The molecule has 0 N–H and O–H groups in total. The fourth-order valence-electron chi connectivity index (χ4n) is 4.64. The smallest absolute Gasteiger partial charge is 0.264 e. The highest BCUT2D eigenvalue weighted by atomic mass is 32.1. The van der Waals surface area contributed by atoms with Gasteiger partial charge in [0.1, 0.15) is 24.7 Å². The summed E-state index contributed by atoms with van der Waals surface area (Å²) >= 11 is 3.06. The van der Waals surface area contributed by atoms with Gasteiger partial charge in [-0.1, -0.05) is 6.07 Å². The van der Waals surface area contributed by atoms with Gasteiger partial charge in [0.2, 0.25) is 5.91 Å². The molecule has 35 heavy (non-hydrogen) atoms. The molecule has 2 aliphatic rings. The Balaban J connectivity index is 1.33. The van der Waals surface area contributed by atoms with Gasteiger partial charge in [-0.15, -0.1) is 22.7 Å². The van der Waals surface area contributed by atoms with Crippen molar-refractivity contribution >= 4 is 34.5 Å². The molecule has 2 aromatic heterocycles. The summed E-state index contributed by atoms with van der Waals surface area (Å²) in [6.45, 7) is 1.89. The Hall–Kier alpha value is -2.75. The quantitative estimate of drug-likeness (QED) is 0.434. The van der Waals surface area contributed by atoms with Crippen molar-refractivity contribution in [3.05, 3.63) is 74.4 Å². The maximum absolute atomic E-state index is 13.6. The van der Waals surface area contributed by atoms with Crippen molar-refractivity contribution in [2.24, 2.45) is 0 Å². The number of fused-ring (bicyclic) bond motifs is 1. The highest BCUT2D eigenvalue weighted by Crippen LogP contribution is 2.34. The van der Waals surface area contributed by atoms with E-state index < -0.39 is 0 Å². The van der Waals surface area contributed by atoms with Crippen molar-refractivity contribution in [3.63, 3.8) is 0 Å². The van der Waals surface area contributed by atoms with Gasteiger partial charge < -0.3 is 19.3 Å². The van der Waals surface area contributed by atoms with Crippen LogP contribution in [0.5, 0.6) is 5.75 Å². The van der Waals surface area contributed by atoms with Gasteiger partial charge in [0.05, 0.1) is 17.0 Å². The number of benzene rings is 1. The van der Waals surface area contributed by atoms with Crippen LogP contribution in [-0.4, -0.2) is 60.6 Å². The Morgan fingerprint density at radius 3 is 2.74 bits per heavy atom. The first-order valence-electron chi connectivity index (χ1n) is 11.8. The molecule has 4 heterocycles. The summed E-state index contributed by atoms with van der Waals surface area (Å²) in [5.41, 5.74) is 1.08. The molecule has 0 spiro atoms. The molecule has 0 radical (unpaired) electrons. The van der Waals surface area contributed by atoms with Gasteiger partial charge in [-0.05, 0) is 72.0 Å². The third kappa shape index (κ3) is 5.58. The SMILES string of the molecule is O=C(c1cccs1)N(CC(=O)N1CCc2sccc2[C@@H]1COc1ccc(F)cc1)C[C@H]1CCCO1. The number of rotatable bonds is 8. The maximum atomic E-state index is 13.6. The van der Waals surface area contributed by atoms with E-state index in [9.17, 15) is 14.0 Å². The molecular formula is C26H27FN2O4S2. The molecule has 0 unspecified atom stereocenters. The predicted molar refractivity (Wildman–Crippen MR) is 134 cm³/mol. The van der Waals surface area contributed by atoms with E-state index in [4.69, 9.17) is 9.47 Å². The number of carbonyl (C=O) groups excluding carboxylic acids is 2. The lowest BCUT2D eigenvalue weighted by atomic mass is 10.0. The Labute approximate surface area is 211 Å². The first-order chi connectivity index (χ1) is 17.1. The fourth-order valence-corrected chi connectivity index (χ4v) is 6.26. The van der Waals surface area contributed by atoms with Crippen LogP contribution in [-0.2, 0) is 16.0 Å². The second-order valence-corrected chi connectivity index (χ2v) is 10.7. The summed E-state index contributed by atoms with van der Waals surface area (Å²) in [5, 5.41) is 3.90. The molecule has 3 aromatic rings. The lowest BCUT2D eigenvalue weighted by Gasteiger charge is -2.37. The molecule has 5 rings (SSSR count). The molecule has 6 nitrogen and oxygen atoms in total. The van der Waals surface area contributed by atoms with Gasteiger partial charge in [0.15, 0.2) is 0 Å². The van der Waals surface area contributed by atoms with Crippen LogP contribution in [0.15, 0.2) is 53.2 Å². The van der Waals surface area contributed by atoms with E-state index in [-0.39, 0.29) is 42.9 Å². The van der Waals surface area contributed by atoms with Gasteiger partial charge in [-0.2, -0.15) is 0 Å². The van der Waals surface area contributed by atoms with E-state index in [1.54, 1.807) is 34.4 Å². The standard InChI is InChI=1S/C26H27FN2O4S2/c27-18-5-7-19(8-6-18)33-17-22-21-10-14-35-23(21)9-11-29(22)25(30)16-28(15-20-3-1-12-32-20)26(31)24-4-2-13-34-24/h2,4-8,10,13-14,20,22H,1,3,9,11-12,15-17H2/t20-,22+/m1/s1. The van der Waals surface area contributed by atoms with Crippen molar-refractivity contribution < 1.29 is 23.5 Å². The summed E-state index contributed by atoms with van der Waals surface area (Å²) in [5.74, 6) is -0.0311. The Morgan fingerprint density at radius 2 is 2.00 bits per heavy atom. The minimum atomic E-state index is -0.325. The normalized spacial score (nSPS) is 19.4. The van der Waals surface area contributed by atoms with Crippen molar-refractivity contribution in [2.45, 2.75) is 31.4 Å². The average molecular weight is 515 g/mol. The van der Waals surface area contributed by atoms with Crippen LogP contribution < -0.4 is 4.74 Å². The molecule has 1 saturated heterocycles. The zero-order valence-electron chi connectivity index (χ0n) is 19.2. The predicted octanol–water partition coefficient (Wildman–Crippen LogP) is 4.77. The van der Waals surface area contributed by atoms with E-state index in [0.717, 1.165) is 24.8 Å². The van der Waals surface area contributed by atoms with E-state index in [1.807, 2.05) is 27.8 Å². The lowest BCUT2D eigenvalue weighted by molar-refractivity contribution is -0.135. The van der Waals surface area contributed by atoms with Gasteiger partial charge in [0.25, 0.3) is 5.91 Å². The monoisotopic (exact) mass is 514 g/mol. The second-order valence-electron chi connectivity index (χ2n) is 8.71. The lowest BCUT2D eigenvalue weighted by Crippen LogP contribution is -2.49. The zero-order chi connectivity index (χ0) is 24.2. The number of halogens is 1. The van der Waals surface area contributed by atoms with Gasteiger partial charge >= 0.3 is 0 Å². The first kappa shape index (κ1) is 24.0. The van der Waals surface area contributed by atoms with Gasteiger partial charge in [0, 0.05) is 24.6 Å². The number of thiophene rings is 2. The molecule has 0 aliphatic carbocycles. The minimum absolute atomic E-state index is 0.0108. The molecular weight excluding hydrogens is 487 g/mol. The van der Waals surface area contributed by atoms with E-state index in [0.29, 0.717) is 30.3 Å². The summed E-state index contributed by atoms with van der Waals surface area (Å²) < 4.78 is 25.0. The molecule has 1 fully saturated rings. The van der Waals surface area contributed by atoms with Gasteiger partial charge in [-0.3, -0.25) is 9.59 Å². The molecule has 2 aliphatic heterocycles. The molecule has 184 valence electrons. The van der Waals surface area contributed by atoms with E-state index in [1.165, 1.54) is 28.3 Å². The summed E-state index contributed by atoms with van der Waals surface area (Å²) in [4.78, 5) is 32.2. The molecule has 0 saturated carbocycles. The summed E-state index contributed by atoms with van der Waals surface area (Å²) in [7, 11) is 0. The average Bonchev–Trinajstić information content (AvgIpc) is 3.65. The zero-order valence-corrected chi connectivity index (χ0v) is 20.9. The number of hydrogen-bond acceptors (Lipinski definition) is 6. The first-order valence-corrected chi connectivity index (χ1v) is 13.5. The number of amides is 2. The molecule has 1 aromatic carbocycles. The van der Waals surface area contributed by atoms with Crippen LogP contribution in [0.1, 0.15) is 39.0 Å². The van der Waals surface area contributed by atoms with Crippen LogP contribution in [0.2, 0.25) is 0 Å². The molecule has 0 bridgehead atoms. The number of ether oxygens (including phenoxy) is 2. The van der Waals surface area contributed by atoms with Crippen molar-refractivity contribution in [2.75, 3.05) is 32.8 Å². The van der Waals surface area contributed by atoms with Crippen LogP contribution >= 0.6 is 22.7 Å². The fraction of sp³-hybridized carbons (Fsp3) is 0.385. The largest absolute Gasteiger partial charge is 0.491 e. The van der Waals surface area contributed by atoms with Crippen molar-refractivity contribution in [3.8, 4) is 5.75 Å². The number of hydrogen-bond donors (Lipinski definition) is 0. The topological polar surface area (TPSA) is 59.1 Å². The third-order valence-corrected chi connectivity index (χ3v) is 8.28. The number of carbonyl (C=O) groups is 2. The second kappa shape index (κ2) is 10.9. The summed E-state index contributed by atoms with van der Waals surface area (Å²) in [6, 6.07) is 11.3. The number of nitrogens with zero attached hydrogens (tertiary/aromatic N) is 2. The Bertz CT molecular complexity index is 1140. The molecule has 2 atom stereocenters. The highest BCUT2D eigenvalue weighted by Gasteiger charge is 2.34. The van der Waals surface area contributed by atoms with E-state index in [2.05, 4.69) is 0 Å². The highest BCUT2D eigenvalue weighted by molar-refractivity contribution is 7.12. The van der Waals surface area contributed by atoms with Crippen LogP contribution in [0.3, 0.4) is 0 Å². The third-order valence-electron chi connectivity index (χ3n) is 6.43. The summed E-state index contributed by atoms with van der Waals surface area (Å²) in [6.07, 6.45) is 2.58. The minimum Gasteiger partial charge on any atom is -0.491 e. The Kier molecular flexibility index (Phi) is 7.46. The van der Waals surface area contributed by atoms with Crippen LogP contribution in [0, 0.1) is 5.82 Å². The Morgan fingerprint density at radius 1 is 1.14 bits per heavy atom. The maximum Gasteiger partial charge on any atom is 0.264 e. The van der Waals surface area contributed by atoms with Crippen molar-refractivity contribution in [1.82, 2.24) is 9.80 Å². The van der Waals surface area contributed by atoms with Crippen LogP contribution in [0.4, 0.5) is 4.39 Å². The van der Waals surface area contributed by atoms with Gasteiger partial charge in [-0.25, -0.2) is 4.39 Å². The van der Waals surface area contributed by atoms with Crippen molar-refractivity contribution in [1.29, 1.82) is 0 Å². The molecule has 9 heteroatoms. The molecule has 2 amide bonds. The van der Waals surface area contributed by atoms with E-state index >= 15 is 0 Å². The van der Waals surface area contributed by atoms with Crippen LogP contribution in [0.25, 0.3) is 0 Å².